The second kappa shape index (κ2) is 13.0. The molecule has 2 unspecified atom stereocenters. The van der Waals surface area contributed by atoms with Crippen LogP contribution in [0.5, 0.6) is 0 Å². The molecule has 0 amide bonds. The van der Waals surface area contributed by atoms with Crippen molar-refractivity contribution in [3.63, 3.8) is 0 Å². The fourth-order valence-electron chi connectivity index (χ4n) is 5.20. The number of rotatable bonds is 9. The Morgan fingerprint density at radius 1 is 0.760 bits per heavy atom. The third-order valence-electron chi connectivity index (χ3n) is 7.33. The summed E-state index contributed by atoms with van der Waals surface area (Å²) in [6, 6.07) is 16.6. The zero-order chi connectivity index (χ0) is 36.1. The molecule has 20 heteroatoms. The number of nitrogen functional groups attached to an aromatic ring is 1. The van der Waals surface area contributed by atoms with Gasteiger partial charge in [0, 0.05) is 22.5 Å². The molecule has 2 atom stereocenters. The highest BCUT2D eigenvalue weighted by Gasteiger charge is 2.36. The van der Waals surface area contributed by atoms with Gasteiger partial charge in [-0.05, 0) is 57.4 Å². The van der Waals surface area contributed by atoms with Crippen molar-refractivity contribution in [1.82, 2.24) is 15.0 Å². The van der Waals surface area contributed by atoms with E-state index in [4.69, 9.17) is 5.73 Å². The number of fused-ring (bicyclic) bond motifs is 2. The first-order valence-electron chi connectivity index (χ1n) is 14.0. The van der Waals surface area contributed by atoms with E-state index in [0.717, 1.165) is 6.07 Å². The Labute approximate surface area is 288 Å². The van der Waals surface area contributed by atoms with E-state index in [-0.39, 0.29) is 83.1 Å². The van der Waals surface area contributed by atoms with Crippen molar-refractivity contribution in [1.29, 1.82) is 0 Å². The zero-order valence-corrected chi connectivity index (χ0v) is 28.8. The molecule has 256 valence electrons. The molecule has 50 heavy (non-hydrogen) atoms. The van der Waals surface area contributed by atoms with Crippen LogP contribution < -0.4 is 21.7 Å². The molecule has 0 aliphatic heterocycles. The van der Waals surface area contributed by atoms with Gasteiger partial charge in [-0.25, -0.2) is 8.42 Å². The average molecular weight is 754 g/mol. The van der Waals surface area contributed by atoms with Crippen LogP contribution in [-0.4, -0.2) is 57.0 Å². The summed E-state index contributed by atoms with van der Waals surface area (Å²) in [5.74, 6) is -1.06. The number of nitrogens with one attached hydrogen (secondary N) is 3. The lowest BCUT2D eigenvalue weighted by Crippen LogP contribution is -2.24. The van der Waals surface area contributed by atoms with Crippen LogP contribution in [0.1, 0.15) is 37.7 Å². The lowest BCUT2D eigenvalue weighted by atomic mass is 9.82. The van der Waals surface area contributed by atoms with E-state index in [9.17, 15) is 40.1 Å². The number of anilines is 7. The van der Waals surface area contributed by atoms with Crippen LogP contribution in [0.25, 0.3) is 0 Å². The number of ketones is 2. The Bertz CT molecular complexity index is 2530. The van der Waals surface area contributed by atoms with Crippen LogP contribution in [0.3, 0.4) is 0 Å². The lowest BCUT2D eigenvalue weighted by Gasteiger charge is -2.24. The predicted octanol–water partition coefficient (Wildman–Crippen LogP) is 4.77. The number of hydrogen-bond donors (Lipinski definition) is 7. The predicted molar refractivity (Wildman–Crippen MR) is 188 cm³/mol. The highest BCUT2D eigenvalue weighted by Crippen LogP contribution is 2.41. The normalized spacial score (nSPS) is 14.2. The van der Waals surface area contributed by atoms with Crippen molar-refractivity contribution < 1.29 is 40.1 Å². The molecule has 0 radical (unpaired) electrons. The van der Waals surface area contributed by atoms with Gasteiger partial charge in [0.15, 0.2) is 22.6 Å². The number of carbonyl (C=O) groups is 2. The SMILES string of the molecule is Cc1nc(Nc2cccc(S(=O)(=O)O)c2)nc(Nc2ccc(Nc3cc(S(=O)(O)=P)c(N)c4c3C(=O)c3ccccc3C4=O)cc2S(=O)O)n1. The van der Waals surface area contributed by atoms with Gasteiger partial charge in [0.25, 0.3) is 10.1 Å². The monoisotopic (exact) mass is 753 g/mol. The fourth-order valence-corrected chi connectivity index (χ4v) is 7.45. The summed E-state index contributed by atoms with van der Waals surface area (Å²) in [5, 5.41) is 8.59. The molecule has 1 heterocycles. The van der Waals surface area contributed by atoms with Crippen molar-refractivity contribution in [2.75, 3.05) is 21.7 Å². The number of benzene rings is 4. The molecular weight excluding hydrogens is 730 g/mol. The second-order valence-corrected chi connectivity index (χ2v) is 16.2. The minimum Gasteiger partial charge on any atom is -0.397 e. The Morgan fingerprint density at radius 3 is 2.00 bits per heavy atom. The molecule has 1 aliphatic rings. The molecule has 1 aromatic heterocycles. The number of nitrogens with zero attached hydrogens (tertiary/aromatic N) is 3. The molecule has 0 saturated heterocycles. The number of nitrogens with two attached hydrogens (primary N) is 1. The second-order valence-electron chi connectivity index (χ2n) is 10.7. The number of hydrogen-bond acceptors (Lipinski definition) is 13. The van der Waals surface area contributed by atoms with Crippen molar-refractivity contribution >= 4 is 90.5 Å². The Morgan fingerprint density at radius 2 is 1.38 bits per heavy atom. The van der Waals surface area contributed by atoms with Gasteiger partial charge in [0.1, 0.15) is 15.2 Å². The summed E-state index contributed by atoms with van der Waals surface area (Å²) < 4.78 is 78.3. The van der Waals surface area contributed by atoms with E-state index >= 15 is 0 Å². The first kappa shape index (κ1) is 34.7. The van der Waals surface area contributed by atoms with Crippen molar-refractivity contribution in [2.45, 2.75) is 21.6 Å². The zero-order valence-electron chi connectivity index (χ0n) is 25.4. The number of carbonyl (C=O) groups excluding carboxylic acids is 2. The van der Waals surface area contributed by atoms with E-state index in [1.807, 2.05) is 0 Å². The van der Waals surface area contributed by atoms with Gasteiger partial charge < -0.3 is 30.8 Å². The fraction of sp³-hybridized carbons (Fsp3) is 0.0333. The van der Waals surface area contributed by atoms with Crippen molar-refractivity contribution in [3.8, 4) is 0 Å². The van der Waals surface area contributed by atoms with E-state index in [0.29, 0.717) is 0 Å². The Balaban J connectivity index is 1.36. The summed E-state index contributed by atoms with van der Waals surface area (Å²) >= 11 is -2.61. The summed E-state index contributed by atoms with van der Waals surface area (Å²) in [4.78, 5) is 38.9. The Hall–Kier alpha value is -5.14. The maximum Gasteiger partial charge on any atom is 0.294 e. The molecular formula is C30H24N7O9PS3. The summed E-state index contributed by atoms with van der Waals surface area (Å²) in [5.41, 5.74) is 6.01. The van der Waals surface area contributed by atoms with Gasteiger partial charge in [-0.3, -0.25) is 14.1 Å². The number of aryl methyl sites for hydroxylation is 1. The molecule has 16 nitrogen and oxygen atoms in total. The average Bonchev–Trinajstić information content (AvgIpc) is 3.03. The van der Waals surface area contributed by atoms with Gasteiger partial charge in [0.2, 0.25) is 11.9 Å². The molecule has 0 spiro atoms. The largest absolute Gasteiger partial charge is 0.397 e. The summed E-state index contributed by atoms with van der Waals surface area (Å²) in [6.07, 6.45) is 0. The highest BCUT2D eigenvalue weighted by atomic mass is 32.5. The van der Waals surface area contributed by atoms with Crippen molar-refractivity contribution in [2.24, 2.45) is 0 Å². The van der Waals surface area contributed by atoms with Crippen LogP contribution >= 0.6 is 8.02 Å². The van der Waals surface area contributed by atoms with Gasteiger partial charge in [0.05, 0.1) is 42.9 Å². The van der Waals surface area contributed by atoms with E-state index in [1.165, 1.54) is 54.6 Å². The van der Waals surface area contributed by atoms with E-state index in [2.05, 4.69) is 38.9 Å². The van der Waals surface area contributed by atoms with Crippen molar-refractivity contribution in [3.05, 3.63) is 101 Å². The standard InChI is InChI=1S/C30H24N7O9PS3/c1-14-32-29(35-15-5-4-6-17(11-15)49(42,43)44)37-30(33-14)36-20-10-9-16(12-22(20)48(40)41)34-21-13-23(50(45,46)47)26(31)25-24(21)27(38)18-7-2-3-8-19(18)28(25)39/h2-13,34,47H,31H2,1H3,(H,40,41)(H,45,46)(H,42,43,44)(H2,32,33,35,36,37). The molecule has 5 aromatic rings. The molecule has 6 rings (SSSR count). The topological polar surface area (TPSA) is 264 Å². The van der Waals surface area contributed by atoms with E-state index < -0.39 is 42.2 Å². The van der Waals surface area contributed by atoms with Crippen LogP contribution in [0, 0.1) is 6.92 Å². The third-order valence-corrected chi connectivity index (χ3v) is 10.5. The Kier molecular flexibility index (Phi) is 8.99. The molecule has 1 aliphatic carbocycles. The van der Waals surface area contributed by atoms with E-state index in [1.54, 1.807) is 19.1 Å². The first-order chi connectivity index (χ1) is 23.5. The summed E-state index contributed by atoms with van der Waals surface area (Å²) in [6.45, 7) is 1.55. The van der Waals surface area contributed by atoms with Crippen LogP contribution in [0.15, 0.2) is 87.5 Å². The van der Waals surface area contributed by atoms with Gasteiger partial charge in [-0.15, -0.1) is 0 Å². The smallest absolute Gasteiger partial charge is 0.294 e. The minimum absolute atomic E-state index is 0.0192. The molecule has 0 fully saturated rings. The number of aromatic nitrogens is 3. The lowest BCUT2D eigenvalue weighted by molar-refractivity contribution is 0.0980. The molecule has 0 bridgehead atoms. The minimum atomic E-state index is -4.47. The van der Waals surface area contributed by atoms with Gasteiger partial charge in [-0.2, -0.15) is 23.4 Å². The van der Waals surface area contributed by atoms with Crippen LogP contribution in [0.4, 0.5) is 40.3 Å². The van der Waals surface area contributed by atoms with Gasteiger partial charge >= 0.3 is 0 Å². The maximum absolute atomic E-state index is 13.7. The molecule has 0 saturated carbocycles. The molecule has 8 N–H and O–H groups in total. The van der Waals surface area contributed by atoms with Crippen LogP contribution in [-0.2, 0) is 30.6 Å². The van der Waals surface area contributed by atoms with Gasteiger partial charge in [-0.1, -0.05) is 30.3 Å². The molecule has 4 aromatic carbocycles. The van der Waals surface area contributed by atoms with Crippen LogP contribution in [0.2, 0.25) is 0 Å². The quantitative estimate of drug-likeness (QED) is 0.0454. The highest BCUT2D eigenvalue weighted by molar-refractivity contribution is 8.17. The third kappa shape index (κ3) is 6.83. The first-order valence-corrected chi connectivity index (χ1v) is 19.3. The maximum atomic E-state index is 13.7. The summed E-state index contributed by atoms with van der Waals surface area (Å²) in [7, 11) is -5.63.